The molecule has 220 valence electrons. The van der Waals surface area contributed by atoms with Gasteiger partial charge >= 0.3 is 0 Å². The van der Waals surface area contributed by atoms with Crippen molar-refractivity contribution in [3.8, 4) is 17.3 Å². The van der Waals surface area contributed by atoms with Gasteiger partial charge in [0.15, 0.2) is 5.82 Å². The Morgan fingerprint density at radius 3 is 2.62 bits per heavy atom. The quantitative estimate of drug-likeness (QED) is 0.342. The predicted molar refractivity (Wildman–Crippen MR) is 166 cm³/mol. The molecule has 1 amide bonds. The zero-order chi connectivity index (χ0) is 28.5. The van der Waals surface area contributed by atoms with Gasteiger partial charge in [0.2, 0.25) is 0 Å². The summed E-state index contributed by atoms with van der Waals surface area (Å²) in [5.41, 5.74) is 12.7. The van der Waals surface area contributed by atoms with Crippen LogP contribution in [0.15, 0.2) is 36.4 Å². The summed E-state index contributed by atoms with van der Waals surface area (Å²) in [6.07, 6.45) is 7.99. The Hall–Kier alpha value is -3.36. The lowest BCUT2D eigenvalue weighted by molar-refractivity contribution is 0.0261. The molecule has 2 bridgehead atoms. The van der Waals surface area contributed by atoms with E-state index in [1.807, 2.05) is 12.1 Å². The Labute approximate surface area is 247 Å². The summed E-state index contributed by atoms with van der Waals surface area (Å²) in [5, 5.41) is 4.82. The number of aromatic nitrogens is 3. The molecular weight excluding hydrogens is 524 g/mol. The van der Waals surface area contributed by atoms with E-state index < -0.39 is 0 Å². The van der Waals surface area contributed by atoms with E-state index in [9.17, 15) is 4.79 Å². The number of methoxy groups -OCH3 is 1. The van der Waals surface area contributed by atoms with Gasteiger partial charge in [-0.05, 0) is 99.6 Å². The maximum absolute atomic E-state index is 13.8. The molecule has 3 atom stereocenters. The summed E-state index contributed by atoms with van der Waals surface area (Å²) in [5.74, 6) is 3.37. The van der Waals surface area contributed by atoms with Crippen molar-refractivity contribution in [2.75, 3.05) is 26.7 Å². The van der Waals surface area contributed by atoms with Crippen LogP contribution in [0.3, 0.4) is 0 Å². The van der Waals surface area contributed by atoms with Crippen molar-refractivity contribution >= 4 is 27.8 Å². The number of fused-ring (bicyclic) bond motifs is 5. The molecule has 5 aliphatic rings. The predicted octanol–water partition coefficient (Wildman–Crippen LogP) is 5.03. The van der Waals surface area contributed by atoms with Crippen LogP contribution in [0.1, 0.15) is 66.8 Å². The van der Waals surface area contributed by atoms with E-state index in [0.29, 0.717) is 23.1 Å². The number of ether oxygens (including phenoxy) is 1. The van der Waals surface area contributed by atoms with Crippen LogP contribution in [0.2, 0.25) is 0 Å². The average molecular weight is 567 g/mol. The van der Waals surface area contributed by atoms with E-state index in [1.54, 1.807) is 7.11 Å². The fraction of sp³-hybridized carbons (Fsp3) is 0.529. The summed E-state index contributed by atoms with van der Waals surface area (Å²) in [6, 6.07) is 13.5. The second-order valence-corrected chi connectivity index (χ2v) is 13.3. The molecule has 3 saturated heterocycles. The molecule has 3 N–H and O–H groups in total. The summed E-state index contributed by atoms with van der Waals surface area (Å²) in [4.78, 5) is 21.1. The fourth-order valence-electron chi connectivity index (χ4n) is 8.14. The van der Waals surface area contributed by atoms with Crippen LogP contribution in [-0.4, -0.2) is 63.8 Å². The van der Waals surface area contributed by atoms with Gasteiger partial charge in [0.05, 0.1) is 23.8 Å². The zero-order valence-electron chi connectivity index (χ0n) is 24.8. The minimum atomic E-state index is 0.0680. The number of benzene rings is 2. The number of para-hydroxylation sites is 1. The number of carbonyl (C=O) groups excluding carboxylic acids is 1. The molecule has 4 aromatic rings. The van der Waals surface area contributed by atoms with Gasteiger partial charge in [0, 0.05) is 43.2 Å². The number of nitrogens with two attached hydrogens (primary N) is 1. The van der Waals surface area contributed by atoms with Crippen LogP contribution in [-0.2, 0) is 13.6 Å². The molecule has 2 aromatic carbocycles. The number of nitrogens with one attached hydrogen (secondary N) is 1. The fourth-order valence-corrected chi connectivity index (χ4v) is 8.14. The molecule has 5 fully saturated rings. The SMILES string of the molecule is COc1cc(C(=O)N2C[C@H]3CC[C@@H]2C[C@@H]3N)cc2nc(-c3cc4cccc(C5CCNCC5)c4n3CC3CC3)n(C)c12. The Morgan fingerprint density at radius 1 is 1.07 bits per heavy atom. The Bertz CT molecular complexity index is 1680. The molecule has 42 heavy (non-hydrogen) atoms. The number of rotatable bonds is 6. The van der Waals surface area contributed by atoms with Crippen molar-refractivity contribution in [1.82, 2.24) is 24.3 Å². The first-order valence-electron chi connectivity index (χ1n) is 15.9. The van der Waals surface area contributed by atoms with Crippen LogP contribution < -0.4 is 15.8 Å². The smallest absolute Gasteiger partial charge is 0.254 e. The molecule has 9 rings (SSSR count). The molecule has 0 spiro atoms. The number of hydrogen-bond acceptors (Lipinski definition) is 5. The number of carbonyl (C=O) groups is 1. The van der Waals surface area contributed by atoms with Gasteiger partial charge in [-0.1, -0.05) is 18.2 Å². The Morgan fingerprint density at radius 2 is 1.90 bits per heavy atom. The van der Waals surface area contributed by atoms with E-state index in [1.165, 1.54) is 42.1 Å². The summed E-state index contributed by atoms with van der Waals surface area (Å²) < 4.78 is 10.6. The van der Waals surface area contributed by atoms with Crippen molar-refractivity contribution in [2.45, 2.75) is 69.5 Å². The van der Waals surface area contributed by atoms with Crippen molar-refractivity contribution in [2.24, 2.45) is 24.6 Å². The minimum absolute atomic E-state index is 0.0680. The Balaban J connectivity index is 1.24. The van der Waals surface area contributed by atoms with Gasteiger partial charge < -0.3 is 29.8 Å². The lowest BCUT2D eigenvalue weighted by Gasteiger charge is -2.48. The normalized spacial score (nSPS) is 24.6. The number of nitrogens with zero attached hydrogens (tertiary/aromatic N) is 4. The highest BCUT2D eigenvalue weighted by Crippen LogP contribution is 2.41. The third-order valence-corrected chi connectivity index (χ3v) is 10.7. The van der Waals surface area contributed by atoms with Gasteiger partial charge in [-0.25, -0.2) is 4.98 Å². The van der Waals surface area contributed by atoms with E-state index in [2.05, 4.69) is 50.7 Å². The second-order valence-electron chi connectivity index (χ2n) is 13.3. The third kappa shape index (κ3) is 4.25. The molecule has 5 heterocycles. The lowest BCUT2D eigenvalue weighted by Crippen LogP contribution is -2.58. The van der Waals surface area contributed by atoms with Gasteiger partial charge in [0.25, 0.3) is 5.91 Å². The molecule has 0 unspecified atom stereocenters. The molecule has 2 saturated carbocycles. The van der Waals surface area contributed by atoms with Crippen LogP contribution in [0, 0.1) is 11.8 Å². The zero-order valence-corrected chi connectivity index (χ0v) is 24.8. The lowest BCUT2D eigenvalue weighted by atomic mass is 9.76. The van der Waals surface area contributed by atoms with Gasteiger partial charge in [-0.15, -0.1) is 0 Å². The van der Waals surface area contributed by atoms with E-state index in [0.717, 1.165) is 73.9 Å². The highest BCUT2D eigenvalue weighted by molar-refractivity contribution is 6.00. The van der Waals surface area contributed by atoms with Crippen LogP contribution in [0.5, 0.6) is 5.75 Å². The van der Waals surface area contributed by atoms with Crippen molar-refractivity contribution in [3.05, 3.63) is 47.5 Å². The summed E-state index contributed by atoms with van der Waals surface area (Å²) in [6.45, 7) is 3.92. The molecule has 8 nitrogen and oxygen atoms in total. The molecule has 2 aromatic heterocycles. The number of hydrogen-bond donors (Lipinski definition) is 2. The largest absolute Gasteiger partial charge is 0.494 e. The maximum atomic E-state index is 13.8. The number of piperidine rings is 3. The van der Waals surface area contributed by atoms with Crippen molar-refractivity contribution in [1.29, 1.82) is 0 Å². The van der Waals surface area contributed by atoms with Gasteiger partial charge in [0.1, 0.15) is 11.3 Å². The summed E-state index contributed by atoms with van der Waals surface area (Å²) in [7, 11) is 3.76. The standard InChI is InChI=1S/C34H42N6O2/c1-38-32-28(14-24(16-30(32)42-2)34(41)39-19-23-8-9-25(39)17-27(23)35)37-33(38)29-15-22-4-3-5-26(21-10-12-36-13-11-21)31(22)40(29)18-20-6-7-20/h3-5,14-16,20-21,23,25,27,36H,6-13,17-19,35H2,1-2H3/t23-,25-,27+/m1/s1. The van der Waals surface area contributed by atoms with Crippen LogP contribution in [0.4, 0.5) is 0 Å². The molecule has 2 aliphatic carbocycles. The van der Waals surface area contributed by atoms with E-state index in [4.69, 9.17) is 15.5 Å². The van der Waals surface area contributed by atoms with Crippen molar-refractivity contribution < 1.29 is 9.53 Å². The first-order chi connectivity index (χ1) is 20.5. The van der Waals surface area contributed by atoms with Gasteiger partial charge in [-0.3, -0.25) is 4.79 Å². The number of imidazole rings is 1. The number of amides is 1. The average Bonchev–Trinajstić information content (AvgIpc) is 3.69. The minimum Gasteiger partial charge on any atom is -0.494 e. The Kier molecular flexibility index (Phi) is 6.34. The van der Waals surface area contributed by atoms with Crippen LogP contribution in [0.25, 0.3) is 33.5 Å². The number of aryl methyl sites for hydroxylation is 1. The molecule has 0 radical (unpaired) electrons. The molecule has 3 aliphatic heterocycles. The highest BCUT2D eigenvalue weighted by Gasteiger charge is 2.41. The molecule has 8 heteroatoms. The summed E-state index contributed by atoms with van der Waals surface area (Å²) >= 11 is 0. The highest BCUT2D eigenvalue weighted by atomic mass is 16.5. The molecular formula is C34H42N6O2. The van der Waals surface area contributed by atoms with E-state index >= 15 is 0 Å². The topological polar surface area (TPSA) is 90.3 Å². The van der Waals surface area contributed by atoms with Gasteiger partial charge in [-0.2, -0.15) is 0 Å². The monoisotopic (exact) mass is 566 g/mol. The van der Waals surface area contributed by atoms with Crippen molar-refractivity contribution in [3.63, 3.8) is 0 Å². The van der Waals surface area contributed by atoms with Crippen LogP contribution >= 0.6 is 0 Å². The first kappa shape index (κ1) is 26.3. The third-order valence-electron chi connectivity index (χ3n) is 10.7. The maximum Gasteiger partial charge on any atom is 0.254 e. The van der Waals surface area contributed by atoms with E-state index in [-0.39, 0.29) is 18.0 Å². The first-order valence-corrected chi connectivity index (χ1v) is 15.9. The second kappa shape index (κ2) is 10.1.